The summed E-state index contributed by atoms with van der Waals surface area (Å²) in [6, 6.07) is 0.301. The van der Waals surface area contributed by atoms with E-state index in [1.165, 1.54) is 25.7 Å². The lowest BCUT2D eigenvalue weighted by molar-refractivity contribution is 0.416. The Balaban J connectivity index is 0.000000531. The SMILES string of the molecule is CC.NC1C=CC=C2CCCCC21.[HH]. The van der Waals surface area contributed by atoms with Crippen molar-refractivity contribution >= 4 is 0 Å². The van der Waals surface area contributed by atoms with Gasteiger partial charge in [-0.15, -0.1) is 0 Å². The van der Waals surface area contributed by atoms with Gasteiger partial charge in [-0.3, -0.25) is 0 Å². The summed E-state index contributed by atoms with van der Waals surface area (Å²) in [5.74, 6) is 0.675. The van der Waals surface area contributed by atoms with Crippen molar-refractivity contribution in [1.29, 1.82) is 0 Å². The highest BCUT2D eigenvalue weighted by molar-refractivity contribution is 5.26. The van der Waals surface area contributed by atoms with Crippen LogP contribution in [0.1, 0.15) is 41.0 Å². The molecule has 1 fully saturated rings. The number of hydrogen-bond donors (Lipinski definition) is 1. The van der Waals surface area contributed by atoms with Crippen LogP contribution in [0.5, 0.6) is 0 Å². The number of allylic oxidation sites excluding steroid dienone is 2. The summed E-state index contributed by atoms with van der Waals surface area (Å²) in [5, 5.41) is 0. The first-order chi connectivity index (χ1) is 6.38. The topological polar surface area (TPSA) is 26.0 Å². The van der Waals surface area contributed by atoms with Gasteiger partial charge in [0.1, 0.15) is 0 Å². The molecule has 76 valence electrons. The highest BCUT2D eigenvalue weighted by Crippen LogP contribution is 2.33. The molecule has 2 N–H and O–H groups in total. The van der Waals surface area contributed by atoms with E-state index in [4.69, 9.17) is 5.73 Å². The molecule has 0 radical (unpaired) electrons. The van der Waals surface area contributed by atoms with Gasteiger partial charge in [-0.2, -0.15) is 0 Å². The average Bonchev–Trinajstić information content (AvgIpc) is 2.22. The molecular weight excluding hydrogens is 158 g/mol. The number of rotatable bonds is 0. The minimum absolute atomic E-state index is 0. The minimum Gasteiger partial charge on any atom is -0.324 e. The summed E-state index contributed by atoms with van der Waals surface area (Å²) < 4.78 is 0. The summed E-state index contributed by atoms with van der Waals surface area (Å²) >= 11 is 0. The van der Waals surface area contributed by atoms with E-state index < -0.39 is 0 Å². The van der Waals surface area contributed by atoms with E-state index in [-0.39, 0.29) is 1.43 Å². The van der Waals surface area contributed by atoms with Gasteiger partial charge in [-0.1, -0.05) is 44.1 Å². The maximum absolute atomic E-state index is 5.96. The van der Waals surface area contributed by atoms with Crippen molar-refractivity contribution in [2.75, 3.05) is 0 Å². The van der Waals surface area contributed by atoms with Gasteiger partial charge < -0.3 is 5.73 Å². The normalized spacial score (nSPS) is 31.2. The second kappa shape index (κ2) is 5.23. The van der Waals surface area contributed by atoms with Gasteiger partial charge in [0, 0.05) is 7.47 Å². The molecule has 1 saturated carbocycles. The molecule has 2 rings (SSSR count). The molecule has 2 aliphatic carbocycles. The van der Waals surface area contributed by atoms with Gasteiger partial charge in [0.05, 0.1) is 0 Å². The lowest BCUT2D eigenvalue weighted by atomic mass is 9.77. The third-order valence-electron chi connectivity index (χ3n) is 2.82. The zero-order valence-corrected chi connectivity index (χ0v) is 8.79. The Labute approximate surface area is 83.2 Å². The molecule has 0 aromatic heterocycles. The molecule has 13 heavy (non-hydrogen) atoms. The van der Waals surface area contributed by atoms with Crippen molar-refractivity contribution in [3.8, 4) is 0 Å². The zero-order chi connectivity index (χ0) is 9.68. The summed E-state index contributed by atoms with van der Waals surface area (Å²) in [6.07, 6.45) is 11.8. The fourth-order valence-corrected chi connectivity index (χ4v) is 2.15. The Morgan fingerprint density at radius 3 is 2.85 bits per heavy atom. The Hall–Kier alpha value is -0.560. The molecule has 0 heterocycles. The molecular formula is C12H23N. The van der Waals surface area contributed by atoms with Crippen molar-refractivity contribution in [3.63, 3.8) is 0 Å². The maximum Gasteiger partial charge on any atom is 0.0293 e. The van der Waals surface area contributed by atoms with E-state index in [2.05, 4.69) is 18.2 Å². The van der Waals surface area contributed by atoms with Crippen LogP contribution < -0.4 is 5.73 Å². The fraction of sp³-hybridized carbons (Fsp3) is 0.667. The highest BCUT2D eigenvalue weighted by atomic mass is 14.6. The molecule has 0 saturated heterocycles. The molecule has 0 aliphatic heterocycles. The maximum atomic E-state index is 5.96. The molecule has 0 aromatic rings. The molecule has 1 heteroatoms. The number of nitrogens with two attached hydrogens (primary N) is 1. The van der Waals surface area contributed by atoms with Crippen LogP contribution in [0.3, 0.4) is 0 Å². The second-order valence-electron chi connectivity index (χ2n) is 3.56. The Bertz CT molecular complexity index is 208. The van der Waals surface area contributed by atoms with E-state index in [1.807, 2.05) is 13.8 Å². The van der Waals surface area contributed by atoms with Gasteiger partial charge in [-0.25, -0.2) is 0 Å². The number of fused-ring (bicyclic) bond motifs is 1. The first-order valence-electron chi connectivity index (χ1n) is 5.51. The zero-order valence-electron chi connectivity index (χ0n) is 8.79. The smallest absolute Gasteiger partial charge is 0.0293 e. The summed E-state index contributed by atoms with van der Waals surface area (Å²) in [4.78, 5) is 0. The monoisotopic (exact) mass is 181 g/mol. The predicted molar refractivity (Wildman–Crippen MR) is 60.6 cm³/mol. The first kappa shape index (κ1) is 10.5. The van der Waals surface area contributed by atoms with Gasteiger partial charge in [0.25, 0.3) is 0 Å². The van der Waals surface area contributed by atoms with Crippen LogP contribution in [-0.2, 0) is 0 Å². The molecule has 1 nitrogen and oxygen atoms in total. The third kappa shape index (κ3) is 2.44. The van der Waals surface area contributed by atoms with E-state index in [1.54, 1.807) is 5.57 Å². The van der Waals surface area contributed by atoms with Crippen LogP contribution in [0.2, 0.25) is 0 Å². The van der Waals surface area contributed by atoms with Crippen LogP contribution in [0, 0.1) is 5.92 Å². The lowest BCUT2D eigenvalue weighted by Gasteiger charge is -2.30. The van der Waals surface area contributed by atoms with Gasteiger partial charge in [0.15, 0.2) is 0 Å². The molecule has 2 aliphatic rings. The van der Waals surface area contributed by atoms with Gasteiger partial charge >= 0.3 is 0 Å². The standard InChI is InChI=1S/C10H15N.C2H6.H2/c11-10-7-3-5-8-4-1-2-6-9(8)10;1-2;/h3,5,7,9-10H,1-2,4,6,11H2;1-2H3;1H. The first-order valence-corrected chi connectivity index (χ1v) is 5.51. The number of hydrogen-bond acceptors (Lipinski definition) is 1. The van der Waals surface area contributed by atoms with Crippen molar-refractivity contribution in [3.05, 3.63) is 23.8 Å². The van der Waals surface area contributed by atoms with E-state index >= 15 is 0 Å². The molecule has 0 spiro atoms. The van der Waals surface area contributed by atoms with Crippen LogP contribution in [0.15, 0.2) is 23.8 Å². The molecule has 2 atom stereocenters. The Morgan fingerprint density at radius 1 is 1.38 bits per heavy atom. The Kier molecular flexibility index (Phi) is 4.23. The Morgan fingerprint density at radius 2 is 2.15 bits per heavy atom. The summed E-state index contributed by atoms with van der Waals surface area (Å²) in [6.45, 7) is 4.00. The molecule has 0 amide bonds. The molecule has 0 aromatic carbocycles. The largest absolute Gasteiger partial charge is 0.324 e. The quantitative estimate of drug-likeness (QED) is 0.610. The van der Waals surface area contributed by atoms with Gasteiger partial charge in [-0.05, 0) is 25.2 Å². The molecule has 0 bridgehead atoms. The highest BCUT2D eigenvalue weighted by Gasteiger charge is 2.24. The van der Waals surface area contributed by atoms with Crippen LogP contribution in [0.25, 0.3) is 0 Å². The summed E-state index contributed by atoms with van der Waals surface area (Å²) in [5.41, 5.74) is 7.55. The van der Waals surface area contributed by atoms with Crippen molar-refractivity contribution in [2.45, 2.75) is 45.6 Å². The van der Waals surface area contributed by atoms with E-state index in [0.29, 0.717) is 12.0 Å². The lowest BCUT2D eigenvalue weighted by Crippen LogP contribution is -2.32. The van der Waals surface area contributed by atoms with E-state index in [9.17, 15) is 0 Å². The predicted octanol–water partition coefficient (Wildman–Crippen LogP) is 3.27. The summed E-state index contributed by atoms with van der Waals surface area (Å²) in [7, 11) is 0. The van der Waals surface area contributed by atoms with Crippen molar-refractivity contribution in [1.82, 2.24) is 0 Å². The van der Waals surface area contributed by atoms with Crippen LogP contribution in [0.4, 0.5) is 0 Å². The van der Waals surface area contributed by atoms with E-state index in [0.717, 1.165) is 0 Å². The second-order valence-corrected chi connectivity index (χ2v) is 3.56. The molecule has 2 unspecified atom stereocenters. The van der Waals surface area contributed by atoms with Gasteiger partial charge in [0.2, 0.25) is 0 Å². The van der Waals surface area contributed by atoms with Crippen LogP contribution >= 0.6 is 0 Å². The van der Waals surface area contributed by atoms with Crippen molar-refractivity contribution in [2.24, 2.45) is 11.7 Å². The van der Waals surface area contributed by atoms with Crippen LogP contribution in [-0.4, -0.2) is 6.04 Å². The van der Waals surface area contributed by atoms with Crippen molar-refractivity contribution < 1.29 is 1.43 Å². The fourth-order valence-electron chi connectivity index (χ4n) is 2.15. The average molecular weight is 181 g/mol. The third-order valence-corrected chi connectivity index (χ3v) is 2.82. The minimum atomic E-state index is 0.